The zero-order chi connectivity index (χ0) is 37.0. The summed E-state index contributed by atoms with van der Waals surface area (Å²) in [4.78, 5) is 2.36. The molecule has 11 aromatic rings. The van der Waals surface area contributed by atoms with Gasteiger partial charge in [0.1, 0.15) is 0 Å². The number of fused-ring (bicyclic) bond motifs is 12. The first kappa shape index (κ1) is 32.0. The van der Waals surface area contributed by atoms with Crippen molar-refractivity contribution in [2.45, 2.75) is 0 Å². The van der Waals surface area contributed by atoms with E-state index in [1.54, 1.807) is 0 Å². The van der Waals surface area contributed by atoms with Gasteiger partial charge in [-0.25, -0.2) is 0 Å². The second-order valence-corrected chi connectivity index (χ2v) is 14.6. The van der Waals surface area contributed by atoms with Crippen LogP contribution in [0.25, 0.3) is 75.8 Å². The largest absolute Gasteiger partial charge is 0.356 e. The Morgan fingerprint density at radius 2 is 0.571 bits per heavy atom. The Hall–Kier alpha value is -7.42. The van der Waals surface area contributed by atoms with Crippen molar-refractivity contribution in [3.8, 4) is 11.1 Å². The fourth-order valence-electron chi connectivity index (χ4n) is 8.76. The molecule has 0 amide bonds. The van der Waals surface area contributed by atoms with Crippen molar-refractivity contribution in [2.24, 2.45) is 0 Å². The third-order valence-electron chi connectivity index (χ3n) is 11.4. The number of benzene rings is 11. The molecule has 56 heavy (non-hydrogen) atoms. The van der Waals surface area contributed by atoms with Gasteiger partial charge in [0.2, 0.25) is 0 Å². The van der Waals surface area contributed by atoms with Gasteiger partial charge in [0, 0.05) is 28.4 Å². The van der Waals surface area contributed by atoms with Crippen molar-refractivity contribution in [1.82, 2.24) is 0 Å². The minimum atomic E-state index is 1.06. The molecule has 0 saturated carbocycles. The van der Waals surface area contributed by atoms with E-state index in [0.29, 0.717) is 0 Å². The molecule has 0 fully saturated rings. The SMILES string of the molecule is c1ccc(N(c2ccc(-c3ccc(Nc4ccc5c6ccccc6c6ccccc6c5c4)cc3)cc2)c2ccc3c4ccccc4c4ccccc4c3c2)cc1. The number of rotatable bonds is 6. The molecule has 0 aliphatic rings. The Morgan fingerprint density at radius 3 is 1.07 bits per heavy atom. The van der Waals surface area contributed by atoms with Crippen molar-refractivity contribution in [2.75, 3.05) is 10.2 Å². The summed E-state index contributed by atoms with van der Waals surface area (Å²) in [5.74, 6) is 0. The van der Waals surface area contributed by atoms with Gasteiger partial charge >= 0.3 is 0 Å². The van der Waals surface area contributed by atoms with E-state index in [-0.39, 0.29) is 0 Å². The molecule has 0 atom stereocenters. The first-order valence-electron chi connectivity index (χ1n) is 19.3. The second-order valence-electron chi connectivity index (χ2n) is 14.6. The molecule has 2 nitrogen and oxygen atoms in total. The van der Waals surface area contributed by atoms with E-state index in [1.807, 2.05) is 0 Å². The Bertz CT molecular complexity index is 3190. The van der Waals surface area contributed by atoms with Crippen molar-refractivity contribution >= 4 is 93.1 Å². The van der Waals surface area contributed by atoms with Gasteiger partial charge in [-0.05, 0) is 136 Å². The van der Waals surface area contributed by atoms with Crippen LogP contribution >= 0.6 is 0 Å². The summed E-state index contributed by atoms with van der Waals surface area (Å²) < 4.78 is 0. The van der Waals surface area contributed by atoms with Crippen LogP contribution in [0.5, 0.6) is 0 Å². The molecular formula is C54H36N2. The lowest BCUT2D eigenvalue weighted by atomic mass is 9.94. The van der Waals surface area contributed by atoms with E-state index < -0.39 is 0 Å². The van der Waals surface area contributed by atoms with Gasteiger partial charge in [0.05, 0.1) is 0 Å². The van der Waals surface area contributed by atoms with Crippen LogP contribution < -0.4 is 10.2 Å². The van der Waals surface area contributed by atoms with E-state index in [1.165, 1.54) is 75.8 Å². The molecule has 11 rings (SSSR count). The minimum absolute atomic E-state index is 1.06. The molecule has 0 spiro atoms. The van der Waals surface area contributed by atoms with E-state index in [9.17, 15) is 0 Å². The number of hydrogen-bond donors (Lipinski definition) is 1. The molecule has 0 unspecified atom stereocenters. The monoisotopic (exact) mass is 712 g/mol. The summed E-state index contributed by atoms with van der Waals surface area (Å²) in [7, 11) is 0. The number of hydrogen-bond acceptors (Lipinski definition) is 2. The molecule has 1 N–H and O–H groups in total. The minimum Gasteiger partial charge on any atom is -0.356 e. The molecule has 11 aromatic carbocycles. The average molecular weight is 713 g/mol. The van der Waals surface area contributed by atoms with Crippen LogP contribution in [0.2, 0.25) is 0 Å². The third kappa shape index (κ3) is 5.34. The topological polar surface area (TPSA) is 15.3 Å². The van der Waals surface area contributed by atoms with Crippen LogP contribution in [0.1, 0.15) is 0 Å². The van der Waals surface area contributed by atoms with E-state index in [2.05, 4.69) is 223 Å². The molecular weight excluding hydrogens is 677 g/mol. The standard InChI is InChI=1S/C54H36N2/c1-2-12-40(13-3-1)56(42-31-33-52-48-19-7-5-15-44(48)46-17-9-11-21-50(46)54(52)35-42)41-29-24-37(25-30-41)36-22-26-38(27-23-36)55-39-28-32-51-47-18-6-4-14-43(47)45-16-8-10-20-49(45)53(51)34-39/h1-35,55H. The summed E-state index contributed by atoms with van der Waals surface area (Å²) >= 11 is 0. The zero-order valence-electron chi connectivity index (χ0n) is 30.7. The summed E-state index contributed by atoms with van der Waals surface area (Å²) in [5, 5.41) is 19.0. The molecule has 0 saturated heterocycles. The van der Waals surface area contributed by atoms with Crippen molar-refractivity contribution in [1.29, 1.82) is 0 Å². The van der Waals surface area contributed by atoms with Gasteiger partial charge in [-0.1, -0.05) is 152 Å². The number of para-hydroxylation sites is 1. The molecule has 0 aliphatic heterocycles. The van der Waals surface area contributed by atoms with Crippen LogP contribution in [0.4, 0.5) is 28.4 Å². The summed E-state index contributed by atoms with van der Waals surface area (Å²) in [6.45, 7) is 0. The van der Waals surface area contributed by atoms with E-state index >= 15 is 0 Å². The lowest BCUT2D eigenvalue weighted by Crippen LogP contribution is -2.09. The Balaban J connectivity index is 0.917. The maximum atomic E-state index is 3.67. The lowest BCUT2D eigenvalue weighted by molar-refractivity contribution is 1.29. The van der Waals surface area contributed by atoms with Gasteiger partial charge in [0.25, 0.3) is 0 Å². The van der Waals surface area contributed by atoms with Crippen LogP contribution in [0, 0.1) is 0 Å². The first-order valence-corrected chi connectivity index (χ1v) is 19.3. The number of anilines is 5. The van der Waals surface area contributed by atoms with Crippen molar-refractivity contribution in [3.05, 3.63) is 212 Å². The van der Waals surface area contributed by atoms with E-state index in [4.69, 9.17) is 0 Å². The summed E-state index contributed by atoms with van der Waals surface area (Å²) in [6.07, 6.45) is 0. The van der Waals surface area contributed by atoms with Crippen LogP contribution in [-0.4, -0.2) is 0 Å². The lowest BCUT2D eigenvalue weighted by Gasteiger charge is -2.26. The zero-order valence-corrected chi connectivity index (χ0v) is 30.7. The molecule has 0 heterocycles. The van der Waals surface area contributed by atoms with Crippen LogP contribution in [-0.2, 0) is 0 Å². The molecule has 0 bridgehead atoms. The fourth-order valence-corrected chi connectivity index (χ4v) is 8.76. The van der Waals surface area contributed by atoms with E-state index in [0.717, 1.165) is 28.4 Å². The normalized spacial score (nSPS) is 11.6. The summed E-state index contributed by atoms with van der Waals surface area (Å²) in [5.41, 5.74) is 7.84. The maximum Gasteiger partial charge on any atom is 0.0468 e. The van der Waals surface area contributed by atoms with Crippen molar-refractivity contribution in [3.63, 3.8) is 0 Å². The fraction of sp³-hybridized carbons (Fsp3) is 0. The van der Waals surface area contributed by atoms with Gasteiger partial charge in [0.15, 0.2) is 0 Å². The molecule has 262 valence electrons. The number of nitrogens with one attached hydrogen (secondary N) is 1. The Kier molecular flexibility index (Phi) is 7.53. The van der Waals surface area contributed by atoms with Gasteiger partial charge in [-0.15, -0.1) is 0 Å². The highest BCUT2D eigenvalue weighted by molar-refractivity contribution is 6.27. The predicted molar refractivity (Wildman–Crippen MR) is 241 cm³/mol. The highest BCUT2D eigenvalue weighted by atomic mass is 15.1. The van der Waals surface area contributed by atoms with Gasteiger partial charge in [-0.2, -0.15) is 0 Å². The van der Waals surface area contributed by atoms with Crippen LogP contribution in [0.15, 0.2) is 212 Å². The molecule has 0 radical (unpaired) electrons. The summed E-state index contributed by atoms with van der Waals surface area (Å²) in [6, 6.07) is 77.0. The quantitative estimate of drug-likeness (QED) is 0.173. The highest BCUT2D eigenvalue weighted by Crippen LogP contribution is 2.42. The Morgan fingerprint density at radius 1 is 0.232 bits per heavy atom. The predicted octanol–water partition coefficient (Wildman–Crippen LogP) is 15.5. The smallest absolute Gasteiger partial charge is 0.0468 e. The highest BCUT2D eigenvalue weighted by Gasteiger charge is 2.16. The second kappa shape index (κ2) is 13.2. The van der Waals surface area contributed by atoms with Gasteiger partial charge < -0.3 is 10.2 Å². The van der Waals surface area contributed by atoms with Crippen LogP contribution in [0.3, 0.4) is 0 Å². The molecule has 0 aromatic heterocycles. The first-order chi connectivity index (χ1) is 27.8. The van der Waals surface area contributed by atoms with Gasteiger partial charge in [-0.3, -0.25) is 0 Å². The third-order valence-corrected chi connectivity index (χ3v) is 11.4. The average Bonchev–Trinajstić information content (AvgIpc) is 3.27. The number of nitrogens with zero attached hydrogens (tertiary/aromatic N) is 1. The van der Waals surface area contributed by atoms with Crippen molar-refractivity contribution < 1.29 is 0 Å². The maximum absolute atomic E-state index is 3.67. The molecule has 0 aliphatic carbocycles. The molecule has 2 heteroatoms. The Labute approximate surface area is 325 Å².